The smallest absolute Gasteiger partial charge is 0.178 e. The van der Waals surface area contributed by atoms with Crippen LogP contribution >= 0.6 is 0 Å². The molecule has 6 rings (SSSR count). The topological polar surface area (TPSA) is 68.2 Å². The van der Waals surface area contributed by atoms with E-state index in [-0.39, 0.29) is 11.5 Å². The fourth-order valence-corrected chi connectivity index (χ4v) is 4.82. The molecule has 0 aromatic heterocycles. The number of aromatic hydroxyl groups is 2. The predicted octanol–water partition coefficient (Wildman–Crippen LogP) is 9.05. The molecule has 0 aliphatic rings. The third-order valence-electron chi connectivity index (χ3n) is 6.57. The molecule has 0 aliphatic heterocycles. The van der Waals surface area contributed by atoms with Gasteiger partial charge in [0.25, 0.3) is 0 Å². The normalized spacial score (nSPS) is 11.0. The Hall–Kier alpha value is -5.16. The van der Waals surface area contributed by atoms with Crippen molar-refractivity contribution < 1.29 is 24.4 Å². The minimum absolute atomic E-state index is 0.00297. The van der Waals surface area contributed by atoms with Gasteiger partial charge in [-0.05, 0) is 37.3 Å². The molecule has 0 atom stereocenters. The number of phenols is 2. The number of benzene rings is 6. The van der Waals surface area contributed by atoms with Crippen LogP contribution < -0.4 is 14.2 Å². The minimum atomic E-state index is -0.0225. The van der Waals surface area contributed by atoms with Gasteiger partial charge < -0.3 is 24.4 Å². The first-order valence-corrected chi connectivity index (χ1v) is 12.8. The molecule has 0 radical (unpaired) electrons. The first kappa shape index (κ1) is 24.2. The Labute approximate surface area is 226 Å². The van der Waals surface area contributed by atoms with Crippen LogP contribution in [0.15, 0.2) is 115 Å². The van der Waals surface area contributed by atoms with E-state index in [1.165, 1.54) is 0 Å². The average Bonchev–Trinajstić information content (AvgIpc) is 2.98. The highest BCUT2D eigenvalue weighted by Gasteiger charge is 2.27. The van der Waals surface area contributed by atoms with Crippen molar-refractivity contribution in [2.75, 3.05) is 6.61 Å². The predicted molar refractivity (Wildman–Crippen MR) is 154 cm³/mol. The van der Waals surface area contributed by atoms with E-state index < -0.39 is 0 Å². The number of ether oxygens (including phenoxy) is 3. The van der Waals surface area contributed by atoms with Gasteiger partial charge in [-0.1, -0.05) is 84.9 Å². The van der Waals surface area contributed by atoms with Crippen LogP contribution in [0.2, 0.25) is 0 Å². The molecule has 5 nitrogen and oxygen atoms in total. The molecule has 0 fully saturated rings. The maximum Gasteiger partial charge on any atom is 0.178 e. The lowest BCUT2D eigenvalue weighted by atomic mass is 9.94. The van der Waals surface area contributed by atoms with Crippen molar-refractivity contribution in [3.05, 3.63) is 115 Å². The SMILES string of the molecule is CCOc1c(-c2cc(Oc3ccccc3)c3ccccc3c2O)c(O)c2ccccc2c1Oc1ccccc1. The fourth-order valence-electron chi connectivity index (χ4n) is 4.82. The number of hydrogen-bond acceptors (Lipinski definition) is 5. The maximum absolute atomic E-state index is 11.7. The Balaban J connectivity index is 1.67. The molecule has 0 saturated heterocycles. The molecule has 192 valence electrons. The van der Waals surface area contributed by atoms with Crippen LogP contribution in [0.25, 0.3) is 32.7 Å². The summed E-state index contributed by atoms with van der Waals surface area (Å²) < 4.78 is 18.9. The summed E-state index contributed by atoms with van der Waals surface area (Å²) in [5.74, 6) is 2.56. The van der Waals surface area contributed by atoms with Crippen LogP contribution in [0.1, 0.15) is 6.92 Å². The van der Waals surface area contributed by atoms with Gasteiger partial charge in [0.2, 0.25) is 0 Å². The first-order valence-electron chi connectivity index (χ1n) is 12.8. The van der Waals surface area contributed by atoms with Gasteiger partial charge in [0, 0.05) is 27.1 Å². The van der Waals surface area contributed by atoms with Crippen molar-refractivity contribution in [3.63, 3.8) is 0 Å². The molecule has 0 spiro atoms. The summed E-state index contributed by atoms with van der Waals surface area (Å²) in [4.78, 5) is 0. The molecule has 0 aliphatic carbocycles. The van der Waals surface area contributed by atoms with Crippen LogP contribution in [0, 0.1) is 0 Å². The second kappa shape index (κ2) is 10.3. The molecule has 0 bridgehead atoms. The van der Waals surface area contributed by atoms with Gasteiger partial charge >= 0.3 is 0 Å². The van der Waals surface area contributed by atoms with Gasteiger partial charge in [-0.3, -0.25) is 0 Å². The molecule has 6 aromatic rings. The lowest BCUT2D eigenvalue weighted by Crippen LogP contribution is -2.00. The van der Waals surface area contributed by atoms with E-state index in [4.69, 9.17) is 14.2 Å². The second-order valence-electron chi connectivity index (χ2n) is 9.01. The molecule has 2 N–H and O–H groups in total. The van der Waals surface area contributed by atoms with E-state index in [1.54, 1.807) is 6.07 Å². The van der Waals surface area contributed by atoms with Gasteiger partial charge in [-0.2, -0.15) is 0 Å². The molecule has 39 heavy (non-hydrogen) atoms. The lowest BCUT2D eigenvalue weighted by molar-refractivity contribution is 0.322. The lowest BCUT2D eigenvalue weighted by Gasteiger charge is -2.22. The molecule has 6 aromatic carbocycles. The van der Waals surface area contributed by atoms with E-state index >= 15 is 0 Å². The van der Waals surface area contributed by atoms with Crippen LogP contribution in [0.3, 0.4) is 0 Å². The number of rotatable bonds is 7. The number of hydrogen-bond donors (Lipinski definition) is 2. The first-order chi connectivity index (χ1) is 19.2. The minimum Gasteiger partial charge on any atom is -0.507 e. The monoisotopic (exact) mass is 514 g/mol. The summed E-state index contributed by atoms with van der Waals surface area (Å²) in [5.41, 5.74) is 0.687. The summed E-state index contributed by atoms with van der Waals surface area (Å²) in [6.45, 7) is 2.18. The Morgan fingerprint density at radius 3 is 1.67 bits per heavy atom. The van der Waals surface area contributed by atoms with E-state index in [2.05, 4.69) is 0 Å². The highest BCUT2D eigenvalue weighted by Crippen LogP contribution is 2.55. The van der Waals surface area contributed by atoms with Crippen molar-refractivity contribution in [3.8, 4) is 51.4 Å². The molecule has 5 heteroatoms. The molecular weight excluding hydrogens is 488 g/mol. The fraction of sp³-hybridized carbons (Fsp3) is 0.0588. The largest absolute Gasteiger partial charge is 0.507 e. The highest BCUT2D eigenvalue weighted by molar-refractivity contribution is 6.07. The van der Waals surface area contributed by atoms with Gasteiger partial charge in [-0.25, -0.2) is 0 Å². The zero-order valence-corrected chi connectivity index (χ0v) is 21.3. The Kier molecular flexibility index (Phi) is 6.39. The Bertz CT molecular complexity index is 1780. The zero-order valence-electron chi connectivity index (χ0n) is 21.3. The van der Waals surface area contributed by atoms with Gasteiger partial charge in [0.15, 0.2) is 11.5 Å². The maximum atomic E-state index is 11.7. The van der Waals surface area contributed by atoms with Crippen LogP contribution in [0.4, 0.5) is 0 Å². The van der Waals surface area contributed by atoms with Gasteiger partial charge in [-0.15, -0.1) is 0 Å². The third-order valence-corrected chi connectivity index (χ3v) is 6.57. The quantitative estimate of drug-likeness (QED) is 0.222. The van der Waals surface area contributed by atoms with Crippen molar-refractivity contribution in [1.29, 1.82) is 0 Å². The zero-order chi connectivity index (χ0) is 26.8. The molecule has 0 amide bonds. The number of para-hydroxylation sites is 2. The van der Waals surface area contributed by atoms with E-state index in [0.29, 0.717) is 62.6 Å². The van der Waals surface area contributed by atoms with Gasteiger partial charge in [0.1, 0.15) is 28.7 Å². The van der Waals surface area contributed by atoms with Crippen molar-refractivity contribution in [1.82, 2.24) is 0 Å². The summed E-state index contributed by atoms with van der Waals surface area (Å²) in [6.07, 6.45) is 0. The molecule has 0 heterocycles. The summed E-state index contributed by atoms with van der Waals surface area (Å²) in [6, 6.07) is 35.5. The Morgan fingerprint density at radius 1 is 0.538 bits per heavy atom. The van der Waals surface area contributed by atoms with E-state index in [9.17, 15) is 10.2 Å². The second-order valence-corrected chi connectivity index (χ2v) is 9.01. The van der Waals surface area contributed by atoms with Crippen molar-refractivity contribution in [2.45, 2.75) is 6.92 Å². The van der Waals surface area contributed by atoms with Gasteiger partial charge in [0.05, 0.1) is 12.2 Å². The van der Waals surface area contributed by atoms with E-state index in [0.717, 1.165) is 5.39 Å². The summed E-state index contributed by atoms with van der Waals surface area (Å²) >= 11 is 0. The molecule has 0 saturated carbocycles. The van der Waals surface area contributed by atoms with Crippen molar-refractivity contribution >= 4 is 21.5 Å². The van der Waals surface area contributed by atoms with Crippen molar-refractivity contribution in [2.24, 2.45) is 0 Å². The molecular formula is C34H26O5. The molecule has 0 unspecified atom stereocenters. The van der Waals surface area contributed by atoms with E-state index in [1.807, 2.05) is 116 Å². The Morgan fingerprint density at radius 2 is 1.05 bits per heavy atom. The van der Waals surface area contributed by atoms with Crippen LogP contribution in [-0.4, -0.2) is 16.8 Å². The summed E-state index contributed by atoms with van der Waals surface area (Å²) in [5, 5.41) is 25.9. The highest BCUT2D eigenvalue weighted by atomic mass is 16.5. The number of fused-ring (bicyclic) bond motifs is 2. The van der Waals surface area contributed by atoms with Crippen LogP contribution in [0.5, 0.6) is 40.2 Å². The number of phenolic OH excluding ortho intramolecular Hbond substituents is 2. The third kappa shape index (κ3) is 4.44. The average molecular weight is 515 g/mol. The van der Waals surface area contributed by atoms with Crippen LogP contribution in [-0.2, 0) is 0 Å². The summed E-state index contributed by atoms with van der Waals surface area (Å²) in [7, 11) is 0. The standard InChI is InChI=1S/C34H26O5/c1-2-37-34-30(32(36)26-19-11-12-20-27(26)33(34)39-23-15-7-4-8-16-23)28-21-29(38-22-13-5-3-6-14-22)24-17-9-10-18-25(24)31(28)35/h3-21,35-36H,2H2,1H3.